The molecule has 2 aromatic rings. The number of carbonyl (C=O) groups is 1. The minimum absolute atomic E-state index is 0.243. The average molecular weight is 294 g/mol. The quantitative estimate of drug-likeness (QED) is 0.934. The van der Waals surface area contributed by atoms with Gasteiger partial charge in [0.05, 0.1) is 5.56 Å². The lowest BCUT2D eigenvalue weighted by Gasteiger charge is -2.08. The molecule has 0 radical (unpaired) electrons. The molecule has 0 spiro atoms. The number of halogens is 3. The molecule has 21 heavy (non-hydrogen) atoms. The fraction of sp³-hybridized carbons (Fsp3) is 0.200. The molecule has 0 aliphatic carbocycles. The molecule has 1 heterocycles. The summed E-state index contributed by atoms with van der Waals surface area (Å²) in [4.78, 5) is 15.7. The molecule has 3 nitrogen and oxygen atoms in total. The molecular weight excluding hydrogens is 281 g/mol. The van der Waals surface area contributed by atoms with Crippen molar-refractivity contribution >= 4 is 11.6 Å². The second kappa shape index (κ2) is 6.39. The largest absolute Gasteiger partial charge is 0.416 e. The van der Waals surface area contributed by atoms with Gasteiger partial charge in [0.25, 0.3) is 0 Å². The Morgan fingerprint density at radius 3 is 2.43 bits per heavy atom. The summed E-state index contributed by atoms with van der Waals surface area (Å²) in [6.07, 6.45) is -0.285. The first kappa shape index (κ1) is 15.0. The minimum atomic E-state index is -4.37. The van der Waals surface area contributed by atoms with Crippen LogP contribution in [0.15, 0.2) is 48.8 Å². The van der Waals surface area contributed by atoms with E-state index in [9.17, 15) is 18.0 Å². The molecule has 6 heteroatoms. The van der Waals surface area contributed by atoms with Gasteiger partial charge < -0.3 is 5.32 Å². The number of hydrogen-bond donors (Lipinski definition) is 1. The van der Waals surface area contributed by atoms with E-state index in [-0.39, 0.29) is 12.3 Å². The Labute approximate surface area is 119 Å². The van der Waals surface area contributed by atoms with Crippen molar-refractivity contribution in [3.63, 3.8) is 0 Å². The van der Waals surface area contributed by atoms with Gasteiger partial charge in [-0.1, -0.05) is 6.07 Å². The van der Waals surface area contributed by atoms with Crippen molar-refractivity contribution in [1.29, 1.82) is 0 Å². The van der Waals surface area contributed by atoms with E-state index in [4.69, 9.17) is 0 Å². The number of nitrogens with zero attached hydrogens (tertiary/aromatic N) is 1. The van der Waals surface area contributed by atoms with E-state index in [0.717, 1.165) is 17.7 Å². The molecule has 1 amide bonds. The van der Waals surface area contributed by atoms with E-state index in [2.05, 4.69) is 10.3 Å². The van der Waals surface area contributed by atoms with Crippen molar-refractivity contribution in [3.05, 3.63) is 59.9 Å². The first-order valence-corrected chi connectivity index (χ1v) is 6.31. The number of alkyl halides is 3. The third kappa shape index (κ3) is 4.59. The summed E-state index contributed by atoms with van der Waals surface area (Å²) in [5.74, 6) is -0.251. The maximum atomic E-state index is 12.4. The van der Waals surface area contributed by atoms with Crippen molar-refractivity contribution in [2.45, 2.75) is 19.0 Å². The number of pyridine rings is 1. The van der Waals surface area contributed by atoms with Gasteiger partial charge in [-0.2, -0.15) is 13.2 Å². The van der Waals surface area contributed by atoms with Gasteiger partial charge >= 0.3 is 6.18 Å². The van der Waals surface area contributed by atoms with Crippen LogP contribution in [0.1, 0.15) is 17.5 Å². The van der Waals surface area contributed by atoms with Crippen LogP contribution in [0.4, 0.5) is 18.9 Å². The molecule has 1 aromatic carbocycles. The van der Waals surface area contributed by atoms with Gasteiger partial charge in [-0.3, -0.25) is 9.78 Å². The second-order valence-electron chi connectivity index (χ2n) is 4.48. The van der Waals surface area contributed by atoms with E-state index in [1.807, 2.05) is 6.07 Å². The molecule has 0 saturated carbocycles. The Balaban J connectivity index is 1.88. The third-order valence-electron chi connectivity index (χ3n) is 2.86. The second-order valence-corrected chi connectivity index (χ2v) is 4.48. The normalized spacial score (nSPS) is 11.2. The van der Waals surface area contributed by atoms with E-state index < -0.39 is 11.7 Å². The minimum Gasteiger partial charge on any atom is -0.326 e. The maximum Gasteiger partial charge on any atom is 0.416 e. The van der Waals surface area contributed by atoms with E-state index >= 15 is 0 Å². The van der Waals surface area contributed by atoms with Crippen LogP contribution in [0.2, 0.25) is 0 Å². The standard InChI is InChI=1S/C15H13F3N2O/c16-15(17,18)12-4-6-13(7-5-12)20-14(21)8-3-11-2-1-9-19-10-11/h1-2,4-7,9-10H,3,8H2,(H,20,21). The first-order chi connectivity index (χ1) is 9.95. The summed E-state index contributed by atoms with van der Waals surface area (Å²) in [5.41, 5.74) is 0.537. The average Bonchev–Trinajstić information content (AvgIpc) is 2.46. The molecule has 0 bridgehead atoms. The zero-order valence-electron chi connectivity index (χ0n) is 11.0. The molecule has 0 aliphatic heterocycles. The summed E-state index contributed by atoms with van der Waals surface area (Å²) in [6, 6.07) is 8.00. The van der Waals surface area contributed by atoms with Gasteiger partial charge in [-0.15, -0.1) is 0 Å². The molecule has 0 aliphatic rings. The zero-order valence-corrected chi connectivity index (χ0v) is 11.0. The zero-order chi connectivity index (χ0) is 15.3. The van der Waals surface area contributed by atoms with E-state index in [0.29, 0.717) is 12.1 Å². The van der Waals surface area contributed by atoms with Crippen molar-refractivity contribution in [2.24, 2.45) is 0 Å². The van der Waals surface area contributed by atoms with Crippen LogP contribution in [0.25, 0.3) is 0 Å². The fourth-order valence-corrected chi connectivity index (χ4v) is 1.77. The fourth-order valence-electron chi connectivity index (χ4n) is 1.77. The SMILES string of the molecule is O=C(CCc1cccnc1)Nc1ccc(C(F)(F)F)cc1. The van der Waals surface area contributed by atoms with Crippen molar-refractivity contribution in [2.75, 3.05) is 5.32 Å². The van der Waals surface area contributed by atoms with Crippen LogP contribution in [-0.4, -0.2) is 10.9 Å². The van der Waals surface area contributed by atoms with Gasteiger partial charge in [0.15, 0.2) is 0 Å². The number of aryl methyl sites for hydroxylation is 1. The number of rotatable bonds is 4. The van der Waals surface area contributed by atoms with Gasteiger partial charge in [-0.05, 0) is 42.3 Å². The topological polar surface area (TPSA) is 42.0 Å². The number of carbonyl (C=O) groups excluding carboxylic acids is 1. The molecule has 0 atom stereocenters. The Kier molecular flexibility index (Phi) is 4.57. The molecule has 0 unspecified atom stereocenters. The summed E-state index contributed by atoms with van der Waals surface area (Å²) < 4.78 is 37.2. The van der Waals surface area contributed by atoms with Crippen LogP contribution in [0.3, 0.4) is 0 Å². The van der Waals surface area contributed by atoms with Crippen LogP contribution in [0, 0.1) is 0 Å². The number of hydrogen-bond acceptors (Lipinski definition) is 2. The van der Waals surface area contributed by atoms with Crippen LogP contribution < -0.4 is 5.32 Å². The highest BCUT2D eigenvalue weighted by atomic mass is 19.4. The number of benzene rings is 1. The highest BCUT2D eigenvalue weighted by molar-refractivity contribution is 5.90. The van der Waals surface area contributed by atoms with Crippen LogP contribution in [0.5, 0.6) is 0 Å². The number of anilines is 1. The van der Waals surface area contributed by atoms with Gasteiger partial charge in [0, 0.05) is 24.5 Å². The molecule has 1 N–H and O–H groups in total. The monoisotopic (exact) mass is 294 g/mol. The Bertz CT molecular complexity index is 595. The van der Waals surface area contributed by atoms with Crippen LogP contribution in [-0.2, 0) is 17.4 Å². The highest BCUT2D eigenvalue weighted by Gasteiger charge is 2.29. The van der Waals surface area contributed by atoms with Crippen molar-refractivity contribution in [3.8, 4) is 0 Å². The Hall–Kier alpha value is -2.37. The molecule has 1 aromatic heterocycles. The first-order valence-electron chi connectivity index (χ1n) is 6.31. The highest BCUT2D eigenvalue weighted by Crippen LogP contribution is 2.29. The smallest absolute Gasteiger partial charge is 0.326 e. The summed E-state index contributed by atoms with van der Waals surface area (Å²) in [6.45, 7) is 0. The predicted molar refractivity (Wildman–Crippen MR) is 72.6 cm³/mol. The predicted octanol–water partition coefficient (Wildman–Crippen LogP) is 3.67. The summed E-state index contributed by atoms with van der Waals surface area (Å²) >= 11 is 0. The molecule has 0 fully saturated rings. The lowest BCUT2D eigenvalue weighted by Crippen LogP contribution is -2.12. The van der Waals surface area contributed by atoms with Crippen LogP contribution >= 0.6 is 0 Å². The van der Waals surface area contributed by atoms with Gasteiger partial charge in [-0.25, -0.2) is 0 Å². The lowest BCUT2D eigenvalue weighted by atomic mass is 10.1. The number of amides is 1. The van der Waals surface area contributed by atoms with E-state index in [1.165, 1.54) is 12.1 Å². The Morgan fingerprint density at radius 2 is 1.86 bits per heavy atom. The Morgan fingerprint density at radius 1 is 1.14 bits per heavy atom. The third-order valence-corrected chi connectivity index (χ3v) is 2.86. The molecule has 2 rings (SSSR count). The molecular formula is C15H13F3N2O. The molecule has 0 saturated heterocycles. The summed E-state index contributed by atoms with van der Waals surface area (Å²) in [5, 5.41) is 2.56. The van der Waals surface area contributed by atoms with E-state index in [1.54, 1.807) is 18.5 Å². The van der Waals surface area contributed by atoms with Crippen molar-refractivity contribution in [1.82, 2.24) is 4.98 Å². The summed E-state index contributed by atoms with van der Waals surface area (Å²) in [7, 11) is 0. The van der Waals surface area contributed by atoms with Gasteiger partial charge in [0.1, 0.15) is 0 Å². The van der Waals surface area contributed by atoms with Crippen molar-refractivity contribution < 1.29 is 18.0 Å². The number of nitrogens with one attached hydrogen (secondary N) is 1. The van der Waals surface area contributed by atoms with Gasteiger partial charge in [0.2, 0.25) is 5.91 Å². The lowest BCUT2D eigenvalue weighted by molar-refractivity contribution is -0.137. The maximum absolute atomic E-state index is 12.4. The number of aromatic nitrogens is 1. The molecule has 110 valence electrons.